The fraction of sp³-hybridized carbons (Fsp3) is 0.630. The molecule has 2 aliphatic heterocycles. The van der Waals surface area contributed by atoms with E-state index in [-0.39, 0.29) is 29.0 Å². The van der Waals surface area contributed by atoms with Crippen LogP contribution in [0.5, 0.6) is 0 Å². The highest BCUT2D eigenvalue weighted by molar-refractivity contribution is 5.64. The van der Waals surface area contributed by atoms with E-state index in [4.69, 9.17) is 4.74 Å². The van der Waals surface area contributed by atoms with E-state index in [0.717, 1.165) is 70.2 Å². The number of halogens is 4. The molecule has 0 radical (unpaired) electrons. The van der Waals surface area contributed by atoms with Crippen LogP contribution >= 0.6 is 0 Å². The number of likely N-dealkylation sites (tertiary alicyclic amines) is 1. The second-order valence-electron chi connectivity index (χ2n) is 11.0. The second-order valence-corrected chi connectivity index (χ2v) is 11.0. The number of hydrogen-bond donors (Lipinski definition) is 1. The minimum atomic E-state index is -4.63. The minimum absolute atomic E-state index is 0.0331. The summed E-state index contributed by atoms with van der Waals surface area (Å²) in [5, 5.41) is 11.0. The summed E-state index contributed by atoms with van der Waals surface area (Å²) in [6.07, 6.45) is -0.775. The van der Waals surface area contributed by atoms with Gasteiger partial charge >= 0.3 is 6.18 Å². The van der Waals surface area contributed by atoms with Crippen molar-refractivity contribution in [2.75, 3.05) is 38.2 Å². The van der Waals surface area contributed by atoms with Crippen molar-refractivity contribution in [3.8, 4) is 11.3 Å². The van der Waals surface area contributed by atoms with Crippen LogP contribution in [0, 0.1) is 23.6 Å². The van der Waals surface area contributed by atoms with E-state index in [1.807, 2.05) is 13.8 Å². The maximum Gasteiger partial charge on any atom is 0.420 e. The first-order valence-electron chi connectivity index (χ1n) is 13.0. The molecule has 5 rings (SSSR count). The number of anilines is 1. The van der Waals surface area contributed by atoms with Crippen LogP contribution in [-0.2, 0) is 10.9 Å². The van der Waals surface area contributed by atoms with Gasteiger partial charge in [0.25, 0.3) is 0 Å². The third-order valence-corrected chi connectivity index (χ3v) is 8.06. The predicted octanol–water partition coefficient (Wildman–Crippen LogP) is 5.97. The van der Waals surface area contributed by atoms with Gasteiger partial charge in [0.2, 0.25) is 0 Å². The van der Waals surface area contributed by atoms with Gasteiger partial charge in [-0.05, 0) is 73.1 Å². The SMILES string of the molecule is CC(C)c1ccc(F)c(-c2cc(C(F)(F)F)c(NC3C[C@@H]4CN(CC5CCOCC5)C[C@H]4C3)nn2)c1. The second kappa shape index (κ2) is 10.2. The van der Waals surface area contributed by atoms with E-state index < -0.39 is 17.6 Å². The smallest absolute Gasteiger partial charge is 0.381 e. The largest absolute Gasteiger partial charge is 0.420 e. The Morgan fingerprint density at radius 2 is 1.75 bits per heavy atom. The summed E-state index contributed by atoms with van der Waals surface area (Å²) < 4.78 is 62.0. The zero-order valence-electron chi connectivity index (χ0n) is 20.8. The topological polar surface area (TPSA) is 50.3 Å². The highest BCUT2D eigenvalue weighted by Crippen LogP contribution is 2.42. The normalized spacial score (nSPS) is 24.0. The van der Waals surface area contributed by atoms with Gasteiger partial charge in [-0.3, -0.25) is 0 Å². The number of benzene rings is 1. The van der Waals surface area contributed by atoms with Crippen LogP contribution in [0.1, 0.15) is 56.6 Å². The molecular weight excluding hydrogens is 472 g/mol. The molecule has 1 saturated carbocycles. The van der Waals surface area contributed by atoms with Gasteiger partial charge in [0.15, 0.2) is 5.82 Å². The van der Waals surface area contributed by atoms with Gasteiger partial charge in [-0.1, -0.05) is 19.9 Å². The monoisotopic (exact) mass is 506 g/mol. The summed E-state index contributed by atoms with van der Waals surface area (Å²) >= 11 is 0. The molecule has 1 aromatic heterocycles. The Balaban J connectivity index is 1.28. The first kappa shape index (κ1) is 25.4. The van der Waals surface area contributed by atoms with E-state index in [2.05, 4.69) is 20.4 Å². The van der Waals surface area contributed by atoms with Gasteiger partial charge in [-0.15, -0.1) is 10.2 Å². The van der Waals surface area contributed by atoms with Crippen molar-refractivity contribution in [1.29, 1.82) is 0 Å². The molecule has 3 heterocycles. The Kier molecular flexibility index (Phi) is 7.23. The number of nitrogens with zero attached hydrogens (tertiary/aromatic N) is 3. The van der Waals surface area contributed by atoms with Gasteiger partial charge in [0.05, 0.1) is 5.69 Å². The Labute approximate surface area is 209 Å². The first-order valence-corrected chi connectivity index (χ1v) is 13.0. The maximum absolute atomic E-state index is 14.5. The summed E-state index contributed by atoms with van der Waals surface area (Å²) in [6.45, 7) is 8.66. The number of alkyl halides is 3. The number of nitrogens with one attached hydrogen (secondary N) is 1. The molecule has 2 aromatic rings. The van der Waals surface area contributed by atoms with Gasteiger partial charge in [0, 0.05) is 44.5 Å². The number of aromatic nitrogens is 2. The maximum atomic E-state index is 14.5. The number of fused-ring (bicyclic) bond motifs is 1. The molecule has 36 heavy (non-hydrogen) atoms. The molecule has 1 aromatic carbocycles. The van der Waals surface area contributed by atoms with Crippen LogP contribution in [0.4, 0.5) is 23.4 Å². The van der Waals surface area contributed by atoms with Crippen LogP contribution in [0.3, 0.4) is 0 Å². The van der Waals surface area contributed by atoms with Crippen LogP contribution in [0.25, 0.3) is 11.3 Å². The van der Waals surface area contributed by atoms with Gasteiger partial charge < -0.3 is 15.0 Å². The predicted molar refractivity (Wildman–Crippen MR) is 130 cm³/mol. The molecule has 0 bridgehead atoms. The van der Waals surface area contributed by atoms with E-state index in [9.17, 15) is 17.6 Å². The van der Waals surface area contributed by atoms with E-state index >= 15 is 0 Å². The van der Waals surface area contributed by atoms with Gasteiger partial charge in [0.1, 0.15) is 11.4 Å². The van der Waals surface area contributed by atoms with Crippen LogP contribution in [0.2, 0.25) is 0 Å². The van der Waals surface area contributed by atoms with Crippen LogP contribution < -0.4 is 5.32 Å². The summed E-state index contributed by atoms with van der Waals surface area (Å²) in [4.78, 5) is 2.52. The molecule has 2 saturated heterocycles. The van der Waals surface area contributed by atoms with E-state index in [1.54, 1.807) is 12.1 Å². The van der Waals surface area contributed by atoms with Crippen LogP contribution in [-0.4, -0.2) is 54.0 Å². The number of hydrogen-bond acceptors (Lipinski definition) is 5. The Morgan fingerprint density at radius 1 is 1.06 bits per heavy atom. The molecule has 0 spiro atoms. The standard InChI is InChI=1S/C27H34F4N4O/c1-16(2)18-3-4-24(28)22(11-18)25-12-23(27(29,30)31)26(34-33-25)32-21-9-19-14-35(15-20(19)10-21)13-17-5-7-36-8-6-17/h3-4,11-12,16-17,19-21H,5-10,13-15H2,1-2H3,(H,32,34)/t19-,20-/m1/s1. The zero-order valence-corrected chi connectivity index (χ0v) is 20.8. The third kappa shape index (κ3) is 5.52. The summed E-state index contributed by atoms with van der Waals surface area (Å²) in [5.41, 5.74) is -0.155. The van der Waals surface area contributed by atoms with Crippen molar-refractivity contribution in [2.24, 2.45) is 17.8 Å². The Bertz CT molecular complexity index is 1060. The molecule has 2 atom stereocenters. The number of rotatable bonds is 6. The minimum Gasteiger partial charge on any atom is -0.381 e. The quantitative estimate of drug-likeness (QED) is 0.489. The highest BCUT2D eigenvalue weighted by Gasteiger charge is 2.43. The first-order chi connectivity index (χ1) is 17.2. The molecule has 5 nitrogen and oxygen atoms in total. The molecule has 1 aliphatic carbocycles. The molecule has 3 aliphatic rings. The molecule has 0 unspecified atom stereocenters. The third-order valence-electron chi connectivity index (χ3n) is 8.06. The summed E-state index contributed by atoms with van der Waals surface area (Å²) in [6, 6.07) is 5.31. The van der Waals surface area contributed by atoms with Gasteiger partial charge in [-0.25, -0.2) is 4.39 Å². The van der Waals surface area contributed by atoms with Crippen molar-refractivity contribution in [1.82, 2.24) is 15.1 Å². The van der Waals surface area contributed by atoms with Crippen molar-refractivity contribution in [2.45, 2.75) is 57.7 Å². The zero-order chi connectivity index (χ0) is 25.4. The Hall–Kier alpha value is -2.26. The molecule has 1 N–H and O–H groups in total. The Morgan fingerprint density at radius 3 is 2.39 bits per heavy atom. The lowest BCUT2D eigenvalue weighted by atomic mass is 9.98. The lowest BCUT2D eigenvalue weighted by molar-refractivity contribution is -0.137. The lowest BCUT2D eigenvalue weighted by Crippen LogP contribution is -2.32. The average molecular weight is 507 g/mol. The molecular formula is C27H34F4N4O. The van der Waals surface area contributed by atoms with E-state index in [1.165, 1.54) is 6.07 Å². The fourth-order valence-corrected chi connectivity index (χ4v) is 6.10. The van der Waals surface area contributed by atoms with Crippen LogP contribution in [0.15, 0.2) is 24.3 Å². The number of ether oxygens (including phenoxy) is 1. The van der Waals surface area contributed by atoms with Crippen molar-refractivity contribution in [3.63, 3.8) is 0 Å². The van der Waals surface area contributed by atoms with Crippen molar-refractivity contribution >= 4 is 5.82 Å². The van der Waals surface area contributed by atoms with Gasteiger partial charge in [-0.2, -0.15) is 13.2 Å². The lowest BCUT2D eigenvalue weighted by Gasteiger charge is -2.28. The highest BCUT2D eigenvalue weighted by atomic mass is 19.4. The summed E-state index contributed by atoms with van der Waals surface area (Å²) in [5.74, 6) is 0.871. The molecule has 0 amide bonds. The average Bonchev–Trinajstić information content (AvgIpc) is 3.37. The van der Waals surface area contributed by atoms with Crippen molar-refractivity contribution < 1.29 is 22.3 Å². The van der Waals surface area contributed by atoms with E-state index in [0.29, 0.717) is 17.8 Å². The van der Waals surface area contributed by atoms with Crippen molar-refractivity contribution in [3.05, 3.63) is 41.2 Å². The fourth-order valence-electron chi connectivity index (χ4n) is 6.10. The molecule has 9 heteroatoms. The summed E-state index contributed by atoms with van der Waals surface area (Å²) in [7, 11) is 0. The molecule has 196 valence electrons. The molecule has 3 fully saturated rings.